The van der Waals surface area contributed by atoms with E-state index in [0.717, 1.165) is 16.7 Å². The molecule has 102 valence electrons. The van der Waals surface area contributed by atoms with E-state index in [1.165, 1.54) is 0 Å². The molecule has 1 aromatic carbocycles. The van der Waals surface area contributed by atoms with Crippen molar-refractivity contribution in [2.45, 2.75) is 33.2 Å². The summed E-state index contributed by atoms with van der Waals surface area (Å²) in [6.45, 7) is 6.30. The predicted octanol–water partition coefficient (Wildman–Crippen LogP) is 2.30. The van der Waals surface area contributed by atoms with E-state index in [1.807, 2.05) is 32.9 Å². The second-order valence-electron chi connectivity index (χ2n) is 5.32. The Hall–Kier alpha value is -1.84. The fraction of sp³-hybridized carbons (Fsp3) is 0.467. The standard InChI is InChI=1S/C15H19NO3/c1-9-4-5-10(2)13(6-9)11(3)16-8-12(15(18)19)7-14(16)17/h4-6,11-12H,7-8H2,1-3H3,(H,18,19). The molecular formula is C15H19NO3. The first-order valence-electron chi connectivity index (χ1n) is 6.49. The Balaban J connectivity index is 2.24. The molecule has 2 unspecified atom stereocenters. The molecule has 1 saturated heterocycles. The molecule has 0 radical (unpaired) electrons. The van der Waals surface area contributed by atoms with Gasteiger partial charge in [-0.2, -0.15) is 0 Å². The van der Waals surface area contributed by atoms with Crippen molar-refractivity contribution in [3.8, 4) is 0 Å². The minimum Gasteiger partial charge on any atom is -0.481 e. The molecule has 0 spiro atoms. The van der Waals surface area contributed by atoms with Crippen LogP contribution in [0.4, 0.5) is 0 Å². The molecule has 4 nitrogen and oxygen atoms in total. The molecule has 19 heavy (non-hydrogen) atoms. The molecule has 1 amide bonds. The first kappa shape index (κ1) is 13.6. The van der Waals surface area contributed by atoms with Crippen LogP contribution in [-0.2, 0) is 9.59 Å². The van der Waals surface area contributed by atoms with Gasteiger partial charge in [-0.05, 0) is 31.9 Å². The molecule has 0 saturated carbocycles. The highest BCUT2D eigenvalue weighted by Gasteiger charge is 2.37. The maximum absolute atomic E-state index is 12.0. The van der Waals surface area contributed by atoms with Crippen molar-refractivity contribution in [2.24, 2.45) is 5.92 Å². The highest BCUT2D eigenvalue weighted by Crippen LogP contribution is 2.30. The predicted molar refractivity (Wildman–Crippen MR) is 71.8 cm³/mol. The molecule has 1 aromatic rings. The maximum Gasteiger partial charge on any atom is 0.308 e. The number of likely N-dealkylation sites (tertiary alicyclic amines) is 1. The third-order valence-electron chi connectivity index (χ3n) is 3.86. The van der Waals surface area contributed by atoms with E-state index in [9.17, 15) is 9.59 Å². The number of carbonyl (C=O) groups is 2. The number of aliphatic carboxylic acids is 1. The van der Waals surface area contributed by atoms with Gasteiger partial charge in [-0.25, -0.2) is 0 Å². The van der Waals surface area contributed by atoms with E-state index in [-0.39, 0.29) is 18.4 Å². The maximum atomic E-state index is 12.0. The monoisotopic (exact) mass is 261 g/mol. The van der Waals surface area contributed by atoms with Crippen LogP contribution in [0, 0.1) is 19.8 Å². The van der Waals surface area contributed by atoms with Gasteiger partial charge >= 0.3 is 5.97 Å². The molecule has 1 aliphatic rings. The van der Waals surface area contributed by atoms with Gasteiger partial charge in [0.1, 0.15) is 0 Å². The van der Waals surface area contributed by atoms with Crippen LogP contribution < -0.4 is 0 Å². The van der Waals surface area contributed by atoms with Crippen molar-refractivity contribution in [2.75, 3.05) is 6.54 Å². The average molecular weight is 261 g/mol. The van der Waals surface area contributed by atoms with Crippen molar-refractivity contribution in [3.63, 3.8) is 0 Å². The fourth-order valence-corrected chi connectivity index (χ4v) is 2.65. The van der Waals surface area contributed by atoms with Gasteiger partial charge in [0.15, 0.2) is 0 Å². The zero-order valence-electron chi connectivity index (χ0n) is 11.5. The van der Waals surface area contributed by atoms with Crippen LogP contribution in [0.5, 0.6) is 0 Å². The Kier molecular flexibility index (Phi) is 3.60. The van der Waals surface area contributed by atoms with Gasteiger partial charge < -0.3 is 10.0 Å². The summed E-state index contributed by atoms with van der Waals surface area (Å²) in [7, 11) is 0. The van der Waals surface area contributed by atoms with Crippen molar-refractivity contribution >= 4 is 11.9 Å². The minimum absolute atomic E-state index is 0.0687. The Morgan fingerprint density at radius 2 is 2.11 bits per heavy atom. The summed E-state index contributed by atoms with van der Waals surface area (Å²) in [5.74, 6) is -1.52. The smallest absolute Gasteiger partial charge is 0.308 e. The topological polar surface area (TPSA) is 57.6 Å². The molecule has 0 aromatic heterocycles. The van der Waals surface area contributed by atoms with Crippen molar-refractivity contribution < 1.29 is 14.7 Å². The van der Waals surface area contributed by atoms with Crippen LogP contribution in [-0.4, -0.2) is 28.4 Å². The number of nitrogens with zero attached hydrogens (tertiary/aromatic N) is 1. The second kappa shape index (κ2) is 5.03. The molecule has 0 aliphatic carbocycles. The first-order valence-corrected chi connectivity index (χ1v) is 6.49. The summed E-state index contributed by atoms with van der Waals surface area (Å²) in [5.41, 5.74) is 3.37. The lowest BCUT2D eigenvalue weighted by Gasteiger charge is -2.26. The zero-order chi connectivity index (χ0) is 14.2. The van der Waals surface area contributed by atoms with Crippen molar-refractivity contribution in [1.82, 2.24) is 4.90 Å². The molecule has 1 heterocycles. The van der Waals surface area contributed by atoms with Gasteiger partial charge in [0.25, 0.3) is 0 Å². The van der Waals surface area contributed by atoms with Crippen LogP contribution in [0.15, 0.2) is 18.2 Å². The molecule has 1 aliphatic heterocycles. The second-order valence-corrected chi connectivity index (χ2v) is 5.32. The number of carbonyl (C=O) groups excluding carboxylic acids is 1. The van der Waals surface area contributed by atoms with Crippen molar-refractivity contribution in [1.29, 1.82) is 0 Å². The van der Waals surface area contributed by atoms with E-state index < -0.39 is 11.9 Å². The first-order chi connectivity index (χ1) is 8.90. The number of hydrogen-bond donors (Lipinski definition) is 1. The molecular weight excluding hydrogens is 242 g/mol. The summed E-state index contributed by atoms with van der Waals surface area (Å²) >= 11 is 0. The highest BCUT2D eigenvalue weighted by molar-refractivity contribution is 5.86. The van der Waals surface area contributed by atoms with Gasteiger partial charge in [-0.3, -0.25) is 9.59 Å². The van der Waals surface area contributed by atoms with Gasteiger partial charge in [-0.15, -0.1) is 0 Å². The third-order valence-corrected chi connectivity index (χ3v) is 3.86. The van der Waals surface area contributed by atoms with Gasteiger partial charge in [0.2, 0.25) is 5.91 Å². The lowest BCUT2D eigenvalue weighted by atomic mass is 9.99. The number of rotatable bonds is 3. The lowest BCUT2D eigenvalue weighted by molar-refractivity contribution is -0.141. The number of aryl methyl sites for hydroxylation is 2. The molecule has 4 heteroatoms. The lowest BCUT2D eigenvalue weighted by Crippen LogP contribution is -2.29. The van der Waals surface area contributed by atoms with Crippen LogP contribution in [0.3, 0.4) is 0 Å². The van der Waals surface area contributed by atoms with Crippen molar-refractivity contribution in [3.05, 3.63) is 34.9 Å². The normalized spacial score (nSPS) is 20.7. The van der Waals surface area contributed by atoms with Crippen LogP contribution in [0.25, 0.3) is 0 Å². The summed E-state index contributed by atoms with van der Waals surface area (Å²) in [5, 5.41) is 9.02. The van der Waals surface area contributed by atoms with Crippen LogP contribution in [0.2, 0.25) is 0 Å². The van der Waals surface area contributed by atoms with E-state index in [2.05, 4.69) is 6.07 Å². The van der Waals surface area contributed by atoms with E-state index in [0.29, 0.717) is 6.54 Å². The van der Waals surface area contributed by atoms with Crippen LogP contribution in [0.1, 0.15) is 36.1 Å². The Bertz CT molecular complexity index is 524. The van der Waals surface area contributed by atoms with Gasteiger partial charge in [0.05, 0.1) is 12.0 Å². The summed E-state index contributed by atoms with van der Waals surface area (Å²) < 4.78 is 0. The quantitative estimate of drug-likeness (QED) is 0.908. The largest absolute Gasteiger partial charge is 0.481 e. The Labute approximate surface area is 113 Å². The molecule has 2 atom stereocenters. The van der Waals surface area contributed by atoms with Crippen LogP contribution >= 0.6 is 0 Å². The average Bonchev–Trinajstić information content (AvgIpc) is 2.74. The minimum atomic E-state index is -0.885. The SMILES string of the molecule is Cc1ccc(C)c(C(C)N2CC(C(=O)O)CC2=O)c1. The Morgan fingerprint density at radius 3 is 2.68 bits per heavy atom. The molecule has 2 rings (SSSR count). The highest BCUT2D eigenvalue weighted by atomic mass is 16.4. The van der Waals surface area contributed by atoms with E-state index in [1.54, 1.807) is 4.90 Å². The number of amides is 1. The van der Waals surface area contributed by atoms with Gasteiger partial charge in [0, 0.05) is 13.0 Å². The molecule has 0 bridgehead atoms. The Morgan fingerprint density at radius 1 is 1.42 bits per heavy atom. The van der Waals surface area contributed by atoms with E-state index in [4.69, 9.17) is 5.11 Å². The third kappa shape index (κ3) is 2.62. The molecule has 1 fully saturated rings. The van der Waals surface area contributed by atoms with Gasteiger partial charge in [-0.1, -0.05) is 23.8 Å². The summed E-state index contributed by atoms with van der Waals surface area (Å²) in [4.78, 5) is 24.6. The number of hydrogen-bond acceptors (Lipinski definition) is 2. The van der Waals surface area contributed by atoms with E-state index >= 15 is 0 Å². The summed E-state index contributed by atoms with van der Waals surface area (Å²) in [6.07, 6.45) is 0.116. The zero-order valence-corrected chi connectivity index (χ0v) is 11.5. The number of carboxylic acid groups (broad SMARTS) is 1. The summed E-state index contributed by atoms with van der Waals surface area (Å²) in [6, 6.07) is 6.08. The number of carboxylic acids is 1. The number of benzene rings is 1. The fourth-order valence-electron chi connectivity index (χ4n) is 2.65. The molecule has 1 N–H and O–H groups in total.